The normalized spacial score (nSPS) is 10.0. The Hall–Kier alpha value is -1.76. The molecule has 0 spiro atoms. The lowest BCUT2D eigenvalue weighted by molar-refractivity contribution is 0.0991. The van der Waals surface area contributed by atoms with Crippen molar-refractivity contribution in [3.05, 3.63) is 52.5 Å². The lowest BCUT2D eigenvalue weighted by atomic mass is 10.1. The van der Waals surface area contributed by atoms with Gasteiger partial charge in [0.25, 0.3) is 0 Å². The molecule has 1 N–H and O–H groups in total. The van der Waals surface area contributed by atoms with Gasteiger partial charge in [0.05, 0.1) is 32.9 Å². The maximum absolute atomic E-state index is 12.1. The number of carbonyl (C=O) groups excluding carboxylic acids is 1. The number of carbonyl (C=O) groups is 1. The van der Waals surface area contributed by atoms with Gasteiger partial charge in [0.1, 0.15) is 5.75 Å². The molecule has 0 aliphatic heterocycles. The van der Waals surface area contributed by atoms with Crippen molar-refractivity contribution < 1.29 is 19.0 Å². The molecule has 0 aliphatic rings. The van der Waals surface area contributed by atoms with Crippen LogP contribution in [0.15, 0.2) is 36.4 Å². The smallest absolute Gasteiger partial charge is 0.179 e. The van der Waals surface area contributed by atoms with E-state index >= 15 is 0 Å². The maximum Gasteiger partial charge on any atom is 0.179 e. The second kappa shape index (κ2) is 11.1. The Balaban J connectivity index is 0.00000338. The minimum absolute atomic E-state index is 0. The Kier molecular flexibility index (Phi) is 9.48. The van der Waals surface area contributed by atoms with Crippen LogP contribution in [0, 0.1) is 0 Å². The first-order chi connectivity index (χ1) is 12.1. The largest absolute Gasteiger partial charge is 0.497 e. The molecule has 0 aromatic heterocycles. The van der Waals surface area contributed by atoms with Gasteiger partial charge in [-0.25, -0.2) is 0 Å². The van der Waals surface area contributed by atoms with E-state index in [1.165, 1.54) is 0 Å². The summed E-state index contributed by atoms with van der Waals surface area (Å²) < 4.78 is 15.6. The highest BCUT2D eigenvalue weighted by Crippen LogP contribution is 2.37. The van der Waals surface area contributed by atoms with Gasteiger partial charge in [-0.3, -0.25) is 4.79 Å². The van der Waals surface area contributed by atoms with Crippen LogP contribution in [0.1, 0.15) is 15.9 Å². The fourth-order valence-electron chi connectivity index (χ4n) is 2.43. The molecule has 0 saturated heterocycles. The van der Waals surface area contributed by atoms with Crippen molar-refractivity contribution in [3.63, 3.8) is 0 Å². The van der Waals surface area contributed by atoms with Crippen molar-refractivity contribution in [1.82, 2.24) is 5.32 Å². The molecular formula is C19H23BrClNO4. The van der Waals surface area contributed by atoms with E-state index in [-0.39, 0.29) is 29.3 Å². The molecule has 7 heteroatoms. The summed E-state index contributed by atoms with van der Waals surface area (Å²) in [6, 6.07) is 10.8. The highest BCUT2D eigenvalue weighted by atomic mass is 79.9. The molecule has 0 radical (unpaired) electrons. The van der Waals surface area contributed by atoms with E-state index in [1.54, 1.807) is 45.6 Å². The van der Waals surface area contributed by atoms with Crippen LogP contribution >= 0.6 is 28.6 Å². The van der Waals surface area contributed by atoms with Crippen molar-refractivity contribution in [2.24, 2.45) is 0 Å². The summed E-state index contributed by atoms with van der Waals surface area (Å²) >= 11 is 6.35. The summed E-state index contributed by atoms with van der Waals surface area (Å²) in [6.07, 6.45) is 0.676. The Morgan fingerprint density at radius 1 is 1.00 bits per heavy atom. The predicted octanol–water partition coefficient (Wildman–Crippen LogP) is 3.96. The lowest BCUT2D eigenvalue weighted by Gasteiger charge is -2.13. The standard InChI is InChI=1S/C19H22ClNO4.BrH/c1-23-15-7-4-13(5-8-15)16(22)12-21-11-10-14-6-9-17(24-2)19(25-3)18(14)20;/h4-9,21H,10-12H2,1-3H3;1H. The van der Waals surface area contributed by atoms with E-state index < -0.39 is 0 Å². The van der Waals surface area contributed by atoms with Crippen LogP contribution in [0.5, 0.6) is 17.2 Å². The predicted molar refractivity (Wildman–Crippen MR) is 109 cm³/mol. The number of nitrogens with one attached hydrogen (secondary N) is 1. The third-order valence-electron chi connectivity index (χ3n) is 3.83. The molecule has 2 aromatic rings. The molecule has 0 aliphatic carbocycles. The number of ether oxygens (including phenoxy) is 3. The molecule has 0 heterocycles. The van der Waals surface area contributed by atoms with Gasteiger partial charge in [-0.15, -0.1) is 17.0 Å². The van der Waals surface area contributed by atoms with Crippen LogP contribution in [-0.4, -0.2) is 40.2 Å². The number of rotatable bonds is 9. The molecule has 142 valence electrons. The zero-order valence-corrected chi connectivity index (χ0v) is 17.5. The van der Waals surface area contributed by atoms with Gasteiger partial charge in [-0.05, 0) is 48.9 Å². The molecular weight excluding hydrogens is 422 g/mol. The topological polar surface area (TPSA) is 56.8 Å². The van der Waals surface area contributed by atoms with Gasteiger partial charge in [0.15, 0.2) is 17.3 Å². The van der Waals surface area contributed by atoms with Crippen LogP contribution < -0.4 is 19.5 Å². The summed E-state index contributed by atoms with van der Waals surface area (Å²) in [6.45, 7) is 0.883. The average molecular weight is 445 g/mol. The summed E-state index contributed by atoms with van der Waals surface area (Å²) in [4.78, 5) is 12.1. The SMILES string of the molecule is Br.COc1ccc(C(=O)CNCCc2ccc(OC)c(OC)c2Cl)cc1. The van der Waals surface area contributed by atoms with E-state index in [1.807, 2.05) is 12.1 Å². The number of methoxy groups -OCH3 is 3. The fraction of sp³-hybridized carbons (Fsp3) is 0.316. The molecule has 5 nitrogen and oxygen atoms in total. The van der Waals surface area contributed by atoms with Crippen molar-refractivity contribution in [2.75, 3.05) is 34.4 Å². The first-order valence-electron chi connectivity index (χ1n) is 7.88. The van der Waals surface area contributed by atoms with Gasteiger partial charge in [0, 0.05) is 5.56 Å². The molecule has 2 aromatic carbocycles. The fourth-order valence-corrected chi connectivity index (χ4v) is 2.75. The Labute approximate surface area is 169 Å². The minimum Gasteiger partial charge on any atom is -0.497 e. The molecule has 0 amide bonds. The van der Waals surface area contributed by atoms with Crippen LogP contribution in [0.4, 0.5) is 0 Å². The molecule has 0 bridgehead atoms. The molecule has 26 heavy (non-hydrogen) atoms. The summed E-state index contributed by atoms with van der Waals surface area (Å²) in [7, 11) is 4.72. The maximum atomic E-state index is 12.1. The van der Waals surface area contributed by atoms with Gasteiger partial charge >= 0.3 is 0 Å². The molecule has 0 fully saturated rings. The number of halogens is 2. The zero-order chi connectivity index (χ0) is 18.2. The first kappa shape index (κ1) is 22.3. The van der Waals surface area contributed by atoms with Gasteiger partial charge in [-0.1, -0.05) is 17.7 Å². The highest BCUT2D eigenvalue weighted by Gasteiger charge is 2.13. The third-order valence-corrected chi connectivity index (χ3v) is 4.25. The van der Waals surface area contributed by atoms with Crippen molar-refractivity contribution in [3.8, 4) is 17.2 Å². The third kappa shape index (κ3) is 5.62. The number of hydrogen-bond donors (Lipinski definition) is 1. The van der Waals surface area contributed by atoms with Crippen molar-refractivity contribution in [2.45, 2.75) is 6.42 Å². The highest BCUT2D eigenvalue weighted by molar-refractivity contribution is 8.93. The number of benzene rings is 2. The quantitative estimate of drug-likeness (QED) is 0.469. The number of ketones is 1. The number of Topliss-reactive ketones (excluding diaryl/α,β-unsaturated/α-hetero) is 1. The van der Waals surface area contributed by atoms with Crippen LogP contribution in [-0.2, 0) is 6.42 Å². The van der Waals surface area contributed by atoms with Crippen LogP contribution in [0.3, 0.4) is 0 Å². The van der Waals surface area contributed by atoms with E-state index in [0.29, 0.717) is 35.1 Å². The van der Waals surface area contributed by atoms with Crippen LogP contribution in [0.2, 0.25) is 5.02 Å². The van der Waals surface area contributed by atoms with Gasteiger partial charge in [-0.2, -0.15) is 0 Å². The Morgan fingerprint density at radius 2 is 1.69 bits per heavy atom. The Bertz CT molecular complexity index is 722. The average Bonchev–Trinajstić information content (AvgIpc) is 2.65. The summed E-state index contributed by atoms with van der Waals surface area (Å²) in [5.74, 6) is 1.88. The molecule has 0 saturated carbocycles. The molecule has 2 rings (SSSR count). The van der Waals surface area contributed by atoms with E-state index in [0.717, 1.165) is 11.3 Å². The lowest BCUT2D eigenvalue weighted by Crippen LogP contribution is -2.25. The Morgan fingerprint density at radius 3 is 2.27 bits per heavy atom. The van der Waals surface area contributed by atoms with Gasteiger partial charge < -0.3 is 19.5 Å². The monoisotopic (exact) mass is 443 g/mol. The first-order valence-corrected chi connectivity index (χ1v) is 8.25. The summed E-state index contributed by atoms with van der Waals surface area (Å²) in [5, 5.41) is 3.68. The van der Waals surface area contributed by atoms with E-state index in [9.17, 15) is 4.79 Å². The second-order valence-electron chi connectivity index (χ2n) is 5.35. The van der Waals surface area contributed by atoms with Crippen molar-refractivity contribution in [1.29, 1.82) is 0 Å². The van der Waals surface area contributed by atoms with Crippen molar-refractivity contribution >= 4 is 34.4 Å². The zero-order valence-electron chi connectivity index (χ0n) is 15.0. The van der Waals surface area contributed by atoms with E-state index in [2.05, 4.69) is 5.32 Å². The molecule has 0 unspecified atom stereocenters. The second-order valence-corrected chi connectivity index (χ2v) is 5.73. The summed E-state index contributed by atoms with van der Waals surface area (Å²) in [5.41, 5.74) is 1.58. The minimum atomic E-state index is 0. The number of hydrogen-bond acceptors (Lipinski definition) is 5. The molecule has 0 atom stereocenters. The van der Waals surface area contributed by atoms with Crippen LogP contribution in [0.25, 0.3) is 0 Å². The van der Waals surface area contributed by atoms with E-state index in [4.69, 9.17) is 25.8 Å². The van der Waals surface area contributed by atoms with Gasteiger partial charge in [0.2, 0.25) is 0 Å².